The van der Waals surface area contributed by atoms with Crippen LogP contribution in [0.5, 0.6) is 0 Å². The molecule has 0 aliphatic carbocycles. The van der Waals surface area contributed by atoms with E-state index in [1.54, 1.807) is 0 Å². The fraction of sp³-hybridized carbons (Fsp3) is 0.769. The third-order valence-corrected chi connectivity index (χ3v) is 3.52. The monoisotopic (exact) mass is 518 g/mol. The van der Waals surface area contributed by atoms with E-state index in [2.05, 4.69) is 11.3 Å². The van der Waals surface area contributed by atoms with Gasteiger partial charge >= 0.3 is 53.8 Å². The highest BCUT2D eigenvalue weighted by Gasteiger charge is 2.93. The van der Waals surface area contributed by atoms with Crippen molar-refractivity contribution < 1.29 is 84.2 Å². The van der Waals surface area contributed by atoms with Gasteiger partial charge in [0.25, 0.3) is 0 Å². The first-order valence-corrected chi connectivity index (χ1v) is 7.23. The zero-order valence-electron chi connectivity index (χ0n) is 14.4. The molecule has 0 spiro atoms. The van der Waals surface area contributed by atoms with E-state index in [-0.39, 0.29) is 0 Å². The molecule has 0 aliphatic heterocycles. The van der Waals surface area contributed by atoms with Crippen LogP contribution in [-0.2, 0) is 9.53 Å². The zero-order valence-corrected chi connectivity index (χ0v) is 14.4. The molecule has 190 valence electrons. The summed E-state index contributed by atoms with van der Waals surface area (Å²) in [6.07, 6.45) is -19.8. The van der Waals surface area contributed by atoms with Gasteiger partial charge in [0.05, 0.1) is 0 Å². The summed E-state index contributed by atoms with van der Waals surface area (Å²) in [5, 5.41) is 0. The van der Waals surface area contributed by atoms with Gasteiger partial charge in [0.2, 0.25) is 0 Å². The summed E-state index contributed by atoms with van der Waals surface area (Å²) in [6.45, 7) is 2.30. The van der Waals surface area contributed by atoms with Gasteiger partial charge in [-0.2, -0.15) is 74.6 Å². The number of halogens is 17. The van der Waals surface area contributed by atoms with E-state index >= 15 is 0 Å². The SMILES string of the molecule is C=CC(=O)OC(F)(F)C(F)(F)C(F)(F)C(F)(F)C(F)(F)C(F)(F)C(F)(F)CCC(F)(F)F. The Morgan fingerprint density at radius 2 is 0.938 bits per heavy atom. The van der Waals surface area contributed by atoms with Crippen molar-refractivity contribution in [3.63, 3.8) is 0 Å². The van der Waals surface area contributed by atoms with Gasteiger partial charge in [0.15, 0.2) is 0 Å². The maximum absolute atomic E-state index is 13.4. The van der Waals surface area contributed by atoms with E-state index in [1.807, 2.05) is 0 Å². The van der Waals surface area contributed by atoms with Crippen LogP contribution < -0.4 is 0 Å². The Morgan fingerprint density at radius 1 is 0.594 bits per heavy atom. The molecule has 32 heavy (non-hydrogen) atoms. The topological polar surface area (TPSA) is 26.3 Å². The second-order valence-corrected chi connectivity index (χ2v) is 5.83. The predicted octanol–water partition coefficient (Wildman–Crippen LogP) is 6.46. The smallest absolute Gasteiger partial charge is 0.393 e. The highest BCUT2D eigenvalue weighted by Crippen LogP contribution is 2.62. The van der Waals surface area contributed by atoms with Gasteiger partial charge in [0, 0.05) is 18.9 Å². The summed E-state index contributed by atoms with van der Waals surface area (Å²) >= 11 is 0. The van der Waals surface area contributed by atoms with Crippen LogP contribution in [0.4, 0.5) is 74.6 Å². The molecular weight excluding hydrogens is 511 g/mol. The minimum atomic E-state index is -8.49. The van der Waals surface area contributed by atoms with Gasteiger partial charge < -0.3 is 4.74 Å². The molecule has 0 atom stereocenters. The van der Waals surface area contributed by atoms with Crippen molar-refractivity contribution in [1.82, 2.24) is 0 Å². The summed E-state index contributed by atoms with van der Waals surface area (Å²) in [5.41, 5.74) is 0. The molecule has 0 bridgehead atoms. The average Bonchev–Trinajstić information content (AvgIpc) is 2.57. The number of hydrogen-bond donors (Lipinski definition) is 0. The van der Waals surface area contributed by atoms with E-state index < -0.39 is 72.7 Å². The summed E-state index contributed by atoms with van der Waals surface area (Å²) in [5.74, 6) is -50.7. The summed E-state index contributed by atoms with van der Waals surface area (Å²) in [7, 11) is 0. The van der Waals surface area contributed by atoms with Crippen LogP contribution in [0, 0.1) is 0 Å². The summed E-state index contributed by atoms with van der Waals surface area (Å²) in [6, 6.07) is 0. The number of hydrogen-bond acceptors (Lipinski definition) is 2. The highest BCUT2D eigenvalue weighted by molar-refractivity contribution is 5.81. The lowest BCUT2D eigenvalue weighted by Gasteiger charge is -2.42. The van der Waals surface area contributed by atoms with Gasteiger partial charge in [-0.15, -0.1) is 0 Å². The van der Waals surface area contributed by atoms with Crippen molar-refractivity contribution in [3.05, 3.63) is 12.7 Å². The van der Waals surface area contributed by atoms with Crippen LogP contribution in [-0.4, -0.2) is 53.8 Å². The van der Waals surface area contributed by atoms with Crippen LogP contribution in [0.1, 0.15) is 12.8 Å². The molecule has 0 N–H and O–H groups in total. The molecule has 0 fully saturated rings. The maximum Gasteiger partial charge on any atom is 0.473 e. The molecule has 0 aromatic rings. The third-order valence-electron chi connectivity index (χ3n) is 3.52. The standard InChI is InChI=1S/C13H7F17O2/c1-2-5(31)32-13(29,30)12(27,28)11(25,26)10(23,24)9(21,22)8(19,20)6(14,15)3-4-7(16,17)18/h2H,1,3-4H2. The number of carbonyl (C=O) groups excluding carboxylic acids is 1. The third kappa shape index (κ3) is 4.69. The number of esters is 1. The van der Waals surface area contributed by atoms with Crippen molar-refractivity contribution in [2.45, 2.75) is 60.7 Å². The van der Waals surface area contributed by atoms with Crippen molar-refractivity contribution >= 4 is 5.97 Å². The average molecular weight is 518 g/mol. The Hall–Kier alpha value is -1.98. The number of carbonyl (C=O) groups is 1. The Morgan fingerprint density at radius 3 is 1.28 bits per heavy atom. The van der Waals surface area contributed by atoms with Crippen molar-refractivity contribution in [2.75, 3.05) is 0 Å². The molecule has 2 nitrogen and oxygen atoms in total. The van der Waals surface area contributed by atoms with Crippen LogP contribution in [0.2, 0.25) is 0 Å². The van der Waals surface area contributed by atoms with Crippen LogP contribution in [0.3, 0.4) is 0 Å². The van der Waals surface area contributed by atoms with Crippen molar-refractivity contribution in [3.8, 4) is 0 Å². The van der Waals surface area contributed by atoms with Crippen molar-refractivity contribution in [1.29, 1.82) is 0 Å². The van der Waals surface area contributed by atoms with Gasteiger partial charge in [-0.1, -0.05) is 6.58 Å². The normalized spacial score (nSPS) is 15.5. The first-order valence-electron chi connectivity index (χ1n) is 7.23. The summed E-state index contributed by atoms with van der Waals surface area (Å²) < 4.78 is 224. The van der Waals surface area contributed by atoms with Crippen molar-refractivity contribution in [2.24, 2.45) is 0 Å². The molecule has 0 aromatic heterocycles. The first-order chi connectivity index (χ1) is 13.7. The maximum atomic E-state index is 13.4. The molecule has 0 unspecified atom stereocenters. The lowest BCUT2D eigenvalue weighted by molar-refractivity contribution is -0.461. The lowest BCUT2D eigenvalue weighted by atomic mass is 9.89. The quantitative estimate of drug-likeness (QED) is 0.189. The number of alkyl halides is 17. The Labute approximate surface area is 165 Å². The van der Waals surface area contributed by atoms with Gasteiger partial charge in [-0.25, -0.2) is 4.79 Å². The number of ether oxygens (including phenoxy) is 1. The van der Waals surface area contributed by atoms with Crippen LogP contribution in [0.15, 0.2) is 12.7 Å². The van der Waals surface area contributed by atoms with Gasteiger partial charge in [-0.3, -0.25) is 0 Å². The molecule has 0 saturated heterocycles. The molecule has 0 aliphatic rings. The molecule has 0 radical (unpaired) electrons. The molecular formula is C13H7F17O2. The Kier molecular flexibility index (Phi) is 7.60. The van der Waals surface area contributed by atoms with Crippen LogP contribution >= 0.6 is 0 Å². The van der Waals surface area contributed by atoms with Gasteiger partial charge in [-0.05, 0) is 0 Å². The second kappa shape index (κ2) is 8.11. The molecule has 0 saturated carbocycles. The van der Waals surface area contributed by atoms with Gasteiger partial charge in [0.1, 0.15) is 0 Å². The Balaban J connectivity index is 6.47. The zero-order chi connectivity index (χ0) is 26.4. The molecule has 19 heteroatoms. The predicted molar refractivity (Wildman–Crippen MR) is 66.2 cm³/mol. The first kappa shape index (κ1) is 30.0. The van der Waals surface area contributed by atoms with E-state index in [0.717, 1.165) is 0 Å². The Bertz CT molecular complexity index is 706. The fourth-order valence-electron chi connectivity index (χ4n) is 1.69. The minimum Gasteiger partial charge on any atom is -0.393 e. The molecule has 0 amide bonds. The largest absolute Gasteiger partial charge is 0.473 e. The molecule has 0 rings (SSSR count). The summed E-state index contributed by atoms with van der Waals surface area (Å²) in [4.78, 5) is 10.4. The van der Waals surface area contributed by atoms with Crippen LogP contribution in [0.25, 0.3) is 0 Å². The number of rotatable bonds is 10. The molecule has 0 heterocycles. The molecule has 0 aromatic carbocycles. The van der Waals surface area contributed by atoms with E-state index in [0.29, 0.717) is 0 Å². The van der Waals surface area contributed by atoms with E-state index in [9.17, 15) is 79.4 Å². The van der Waals surface area contributed by atoms with E-state index in [4.69, 9.17) is 0 Å². The second-order valence-electron chi connectivity index (χ2n) is 5.83. The highest BCUT2D eigenvalue weighted by atomic mass is 19.4. The minimum absolute atomic E-state index is 0.440. The van der Waals surface area contributed by atoms with E-state index in [1.165, 1.54) is 0 Å². The lowest BCUT2D eigenvalue weighted by Crippen LogP contribution is -2.73. The fourth-order valence-corrected chi connectivity index (χ4v) is 1.69.